The van der Waals surface area contributed by atoms with Crippen LogP contribution in [-0.2, 0) is 30.4 Å². The van der Waals surface area contributed by atoms with Gasteiger partial charge in [-0.3, -0.25) is 33.8 Å². The minimum atomic E-state index is -0.406. The van der Waals surface area contributed by atoms with Gasteiger partial charge >= 0.3 is 0 Å². The van der Waals surface area contributed by atoms with E-state index in [0.29, 0.717) is 6.42 Å². The van der Waals surface area contributed by atoms with Gasteiger partial charge in [-0.05, 0) is 30.2 Å². The molecule has 5 amide bonds. The van der Waals surface area contributed by atoms with Crippen LogP contribution in [0.15, 0.2) is 42.5 Å². The van der Waals surface area contributed by atoms with Crippen molar-refractivity contribution in [3.05, 3.63) is 48.0 Å². The normalized spacial score (nSPS) is 28.8. The van der Waals surface area contributed by atoms with Crippen LogP contribution in [0.1, 0.15) is 18.4 Å². The molecule has 0 spiro atoms. The van der Waals surface area contributed by atoms with Crippen LogP contribution in [0.3, 0.4) is 0 Å². The lowest BCUT2D eigenvalue weighted by Crippen LogP contribution is -2.56. The van der Waals surface area contributed by atoms with Crippen molar-refractivity contribution in [3.63, 3.8) is 0 Å². The lowest BCUT2D eigenvalue weighted by molar-refractivity contribution is -0.157. The van der Waals surface area contributed by atoms with E-state index in [4.69, 9.17) is 0 Å². The fourth-order valence-electron chi connectivity index (χ4n) is 5.55. The van der Waals surface area contributed by atoms with E-state index < -0.39 is 17.7 Å². The van der Waals surface area contributed by atoms with Crippen LogP contribution in [0, 0.1) is 23.7 Å². The highest BCUT2D eigenvalue weighted by Crippen LogP contribution is 2.52. The Kier molecular flexibility index (Phi) is 5.15. The third-order valence-corrected chi connectivity index (χ3v) is 7.18. The van der Waals surface area contributed by atoms with Crippen molar-refractivity contribution in [2.24, 2.45) is 23.7 Å². The average Bonchev–Trinajstić information content (AvgIpc) is 3.46. The molecule has 2 heterocycles. The number of piperazine rings is 1. The minimum Gasteiger partial charge on any atom is -0.324 e. The Hall–Kier alpha value is -3.29. The Morgan fingerprint density at radius 1 is 0.812 bits per heavy atom. The summed E-state index contributed by atoms with van der Waals surface area (Å²) in [6.45, 7) is -0.0552. The first-order valence-corrected chi connectivity index (χ1v) is 11.1. The molecule has 1 saturated carbocycles. The molecular formula is C24H25N3O5. The van der Waals surface area contributed by atoms with Crippen molar-refractivity contribution >= 4 is 29.5 Å². The zero-order chi connectivity index (χ0) is 22.4. The average molecular weight is 435 g/mol. The summed E-state index contributed by atoms with van der Waals surface area (Å²) in [5.41, 5.74) is 1.03. The SMILES string of the molecule is O=C(CCN1C(=O)[C@H]2[C@H](C1=O)[C@H]1C=C[C@H]2C1)N1CC(=O)N(CCc2ccccc2)C(=O)C1. The zero-order valence-corrected chi connectivity index (χ0v) is 17.7. The smallest absolute Gasteiger partial charge is 0.248 e. The maximum atomic E-state index is 12.7. The number of amides is 5. The van der Waals surface area contributed by atoms with E-state index in [9.17, 15) is 24.0 Å². The van der Waals surface area contributed by atoms with Crippen molar-refractivity contribution in [2.45, 2.75) is 19.3 Å². The number of rotatable bonds is 6. The second-order valence-electron chi connectivity index (χ2n) is 9.00. The van der Waals surface area contributed by atoms with Gasteiger partial charge in [0, 0.05) is 19.5 Å². The van der Waals surface area contributed by atoms with Crippen LogP contribution in [0.2, 0.25) is 0 Å². The lowest BCUT2D eigenvalue weighted by atomic mass is 9.85. The molecule has 2 aliphatic heterocycles. The molecule has 8 nitrogen and oxygen atoms in total. The molecule has 4 atom stereocenters. The molecule has 0 aromatic heterocycles. The van der Waals surface area contributed by atoms with E-state index in [0.717, 1.165) is 12.0 Å². The summed E-state index contributed by atoms with van der Waals surface area (Å²) in [6.07, 6.45) is 5.40. The van der Waals surface area contributed by atoms with Crippen molar-refractivity contribution < 1.29 is 24.0 Å². The molecule has 4 aliphatic rings. The van der Waals surface area contributed by atoms with E-state index >= 15 is 0 Å². The number of allylic oxidation sites excluding steroid dienone is 2. The Bertz CT molecular complexity index is 972. The first-order chi connectivity index (χ1) is 15.4. The summed E-state index contributed by atoms with van der Waals surface area (Å²) >= 11 is 0. The van der Waals surface area contributed by atoms with Crippen LogP contribution < -0.4 is 0 Å². The summed E-state index contributed by atoms with van der Waals surface area (Å²) in [5.74, 6) is -1.92. The van der Waals surface area contributed by atoms with Crippen molar-refractivity contribution in [1.82, 2.24) is 14.7 Å². The fraction of sp³-hybridized carbons (Fsp3) is 0.458. The van der Waals surface area contributed by atoms with Crippen molar-refractivity contribution in [1.29, 1.82) is 0 Å². The maximum Gasteiger partial charge on any atom is 0.248 e. The number of carbonyl (C=O) groups is 5. The van der Waals surface area contributed by atoms with Crippen LogP contribution in [0.4, 0.5) is 0 Å². The number of fused-ring (bicyclic) bond motifs is 5. The van der Waals surface area contributed by atoms with Crippen molar-refractivity contribution in [2.75, 3.05) is 26.2 Å². The third-order valence-electron chi connectivity index (χ3n) is 7.18. The second-order valence-corrected chi connectivity index (χ2v) is 9.00. The predicted octanol–water partition coefficient (Wildman–Crippen LogP) is 0.624. The first-order valence-electron chi connectivity index (χ1n) is 11.1. The molecule has 0 radical (unpaired) electrons. The number of carbonyl (C=O) groups excluding carboxylic acids is 5. The molecule has 2 saturated heterocycles. The molecule has 8 heteroatoms. The Balaban J connectivity index is 1.14. The quantitative estimate of drug-likeness (QED) is 0.482. The Morgan fingerprint density at radius 3 is 2.00 bits per heavy atom. The van der Waals surface area contributed by atoms with Gasteiger partial charge in [0.25, 0.3) is 0 Å². The summed E-state index contributed by atoms with van der Waals surface area (Å²) in [4.78, 5) is 66.8. The number of hydrogen-bond donors (Lipinski definition) is 0. The maximum absolute atomic E-state index is 12.7. The highest BCUT2D eigenvalue weighted by Gasteiger charge is 2.59. The largest absolute Gasteiger partial charge is 0.324 e. The third kappa shape index (κ3) is 3.43. The van der Waals surface area contributed by atoms with E-state index in [1.807, 2.05) is 42.5 Å². The minimum absolute atomic E-state index is 0.000454. The molecule has 0 unspecified atom stereocenters. The summed E-state index contributed by atoms with van der Waals surface area (Å²) in [6, 6.07) is 9.58. The van der Waals surface area contributed by atoms with Crippen LogP contribution in [-0.4, -0.2) is 70.4 Å². The van der Waals surface area contributed by atoms with Crippen LogP contribution >= 0.6 is 0 Å². The van der Waals surface area contributed by atoms with Gasteiger partial charge in [0.15, 0.2) is 0 Å². The molecule has 32 heavy (non-hydrogen) atoms. The monoisotopic (exact) mass is 435 g/mol. The molecule has 2 aliphatic carbocycles. The molecule has 1 aromatic rings. The van der Waals surface area contributed by atoms with E-state index in [1.165, 1.54) is 14.7 Å². The molecule has 5 rings (SSSR count). The second kappa shape index (κ2) is 8.00. The van der Waals surface area contributed by atoms with Gasteiger partial charge in [0.2, 0.25) is 29.5 Å². The van der Waals surface area contributed by atoms with Gasteiger partial charge in [-0.2, -0.15) is 0 Å². The summed E-state index contributed by atoms with van der Waals surface area (Å²) < 4.78 is 0. The molecule has 166 valence electrons. The standard InChI is InChI=1S/C24H25N3O5/c28-18(9-11-27-23(31)21-16-6-7-17(12-16)22(21)24(27)32)25-13-19(29)26(20(30)14-25)10-8-15-4-2-1-3-5-15/h1-7,16-17,21-22H,8-14H2/t16-,17-,21+,22+/m0/s1. The summed E-state index contributed by atoms with van der Waals surface area (Å²) in [5, 5.41) is 0. The van der Waals surface area contributed by atoms with Crippen molar-refractivity contribution in [3.8, 4) is 0 Å². The highest BCUT2D eigenvalue weighted by atomic mass is 16.2. The molecule has 3 fully saturated rings. The van der Waals surface area contributed by atoms with Gasteiger partial charge in [0.05, 0.1) is 11.8 Å². The number of likely N-dealkylation sites (tertiary alicyclic amines) is 1. The number of imide groups is 2. The van der Waals surface area contributed by atoms with Gasteiger partial charge in [-0.25, -0.2) is 0 Å². The van der Waals surface area contributed by atoms with E-state index in [-0.39, 0.29) is 68.1 Å². The Morgan fingerprint density at radius 2 is 1.41 bits per heavy atom. The number of hydrogen-bond acceptors (Lipinski definition) is 5. The van der Waals surface area contributed by atoms with Crippen LogP contribution in [0.25, 0.3) is 0 Å². The lowest BCUT2D eigenvalue weighted by Gasteiger charge is -2.33. The molecule has 2 bridgehead atoms. The predicted molar refractivity (Wildman–Crippen MR) is 113 cm³/mol. The van der Waals surface area contributed by atoms with E-state index in [1.54, 1.807) is 0 Å². The summed E-state index contributed by atoms with van der Waals surface area (Å²) in [7, 11) is 0. The first kappa shape index (κ1) is 20.6. The molecular weight excluding hydrogens is 410 g/mol. The Labute approximate surface area is 185 Å². The zero-order valence-electron chi connectivity index (χ0n) is 17.7. The number of benzene rings is 1. The fourth-order valence-corrected chi connectivity index (χ4v) is 5.55. The van der Waals surface area contributed by atoms with Gasteiger partial charge in [-0.1, -0.05) is 42.5 Å². The van der Waals surface area contributed by atoms with E-state index in [2.05, 4.69) is 0 Å². The number of nitrogens with zero attached hydrogens (tertiary/aromatic N) is 3. The van der Waals surface area contributed by atoms with Crippen LogP contribution in [0.5, 0.6) is 0 Å². The van der Waals surface area contributed by atoms with Gasteiger partial charge in [-0.15, -0.1) is 0 Å². The highest BCUT2D eigenvalue weighted by molar-refractivity contribution is 6.07. The van der Waals surface area contributed by atoms with Gasteiger partial charge in [0.1, 0.15) is 13.1 Å². The van der Waals surface area contributed by atoms with Gasteiger partial charge < -0.3 is 4.90 Å². The topological polar surface area (TPSA) is 95.1 Å². The molecule has 0 N–H and O–H groups in total. The molecule has 1 aromatic carbocycles.